The summed E-state index contributed by atoms with van der Waals surface area (Å²) in [6.07, 6.45) is 0.767. The maximum atomic E-state index is 10.8. The minimum Gasteiger partial charge on any atom is -0.462 e. The number of carbonyl (C=O) groups is 1. The van der Waals surface area contributed by atoms with Gasteiger partial charge < -0.3 is 9.84 Å². The van der Waals surface area contributed by atoms with Crippen molar-refractivity contribution in [1.29, 1.82) is 0 Å². The lowest BCUT2D eigenvalue weighted by atomic mass is 10.1. The number of esters is 1. The Balaban J connectivity index is 2.59. The third kappa shape index (κ3) is 4.64. The van der Waals surface area contributed by atoms with Gasteiger partial charge in [-0.25, -0.2) is 0 Å². The molecular weight excluding hydrogens is 228 g/mol. The van der Waals surface area contributed by atoms with Gasteiger partial charge in [-0.3, -0.25) is 4.79 Å². The van der Waals surface area contributed by atoms with Crippen molar-refractivity contribution in [3.05, 3.63) is 34.9 Å². The van der Waals surface area contributed by atoms with Gasteiger partial charge in [0, 0.05) is 31.4 Å². The third-order valence-corrected chi connectivity index (χ3v) is 2.41. The number of hydrogen-bond acceptors (Lipinski definition) is 3. The summed E-state index contributed by atoms with van der Waals surface area (Å²) in [5.41, 5.74) is 1.03. The zero-order valence-electron chi connectivity index (χ0n) is 9.15. The number of ether oxygens (including phenoxy) is 1. The Morgan fingerprint density at radius 2 is 2.06 bits per heavy atom. The Kier molecular flexibility index (Phi) is 5.29. The molecule has 16 heavy (non-hydrogen) atoms. The van der Waals surface area contributed by atoms with Crippen LogP contribution in [-0.2, 0) is 16.0 Å². The summed E-state index contributed by atoms with van der Waals surface area (Å²) in [5.74, 6) is -0.326. The van der Waals surface area contributed by atoms with E-state index in [1.54, 1.807) is 12.1 Å². The van der Waals surface area contributed by atoms with E-state index in [2.05, 4.69) is 0 Å². The van der Waals surface area contributed by atoms with Gasteiger partial charge in [0.1, 0.15) is 6.10 Å². The fourth-order valence-electron chi connectivity index (χ4n) is 1.46. The van der Waals surface area contributed by atoms with Gasteiger partial charge in [-0.05, 0) is 17.7 Å². The van der Waals surface area contributed by atoms with Crippen molar-refractivity contribution in [1.82, 2.24) is 0 Å². The zero-order valence-corrected chi connectivity index (χ0v) is 9.91. The molecule has 0 aliphatic carbocycles. The third-order valence-electron chi connectivity index (χ3n) is 2.16. The van der Waals surface area contributed by atoms with Gasteiger partial charge in [0.05, 0.1) is 0 Å². The summed E-state index contributed by atoms with van der Waals surface area (Å²) < 4.78 is 5.09. The molecule has 0 radical (unpaired) electrons. The van der Waals surface area contributed by atoms with E-state index in [0.717, 1.165) is 5.56 Å². The predicted molar refractivity (Wildman–Crippen MR) is 62.4 cm³/mol. The molecule has 0 saturated heterocycles. The van der Waals surface area contributed by atoms with Gasteiger partial charge in [0.2, 0.25) is 0 Å². The van der Waals surface area contributed by atoms with E-state index < -0.39 is 0 Å². The molecule has 0 aliphatic rings. The molecule has 4 heteroatoms. The van der Waals surface area contributed by atoms with Gasteiger partial charge >= 0.3 is 5.97 Å². The summed E-state index contributed by atoms with van der Waals surface area (Å²) >= 11 is 5.77. The number of rotatable bonds is 5. The Morgan fingerprint density at radius 3 is 2.56 bits per heavy atom. The second-order valence-corrected chi connectivity index (χ2v) is 4.01. The van der Waals surface area contributed by atoms with E-state index in [0.29, 0.717) is 17.9 Å². The van der Waals surface area contributed by atoms with Crippen molar-refractivity contribution in [2.45, 2.75) is 25.9 Å². The van der Waals surface area contributed by atoms with Crippen LogP contribution in [0.25, 0.3) is 0 Å². The van der Waals surface area contributed by atoms with Crippen LogP contribution in [0.15, 0.2) is 24.3 Å². The van der Waals surface area contributed by atoms with E-state index in [4.69, 9.17) is 21.4 Å². The highest BCUT2D eigenvalue weighted by atomic mass is 35.5. The molecule has 1 aromatic carbocycles. The van der Waals surface area contributed by atoms with E-state index >= 15 is 0 Å². The summed E-state index contributed by atoms with van der Waals surface area (Å²) in [4.78, 5) is 10.8. The normalized spacial score (nSPS) is 12.2. The Bertz CT molecular complexity index is 335. The van der Waals surface area contributed by atoms with Crippen LogP contribution < -0.4 is 0 Å². The topological polar surface area (TPSA) is 46.5 Å². The van der Waals surface area contributed by atoms with Crippen molar-refractivity contribution in [3.63, 3.8) is 0 Å². The first kappa shape index (κ1) is 13.0. The highest BCUT2D eigenvalue weighted by molar-refractivity contribution is 6.30. The molecule has 1 atom stereocenters. The lowest BCUT2D eigenvalue weighted by Gasteiger charge is -2.15. The van der Waals surface area contributed by atoms with E-state index in [9.17, 15) is 4.79 Å². The van der Waals surface area contributed by atoms with Gasteiger partial charge in [-0.2, -0.15) is 0 Å². The molecular formula is C12H15ClO3. The van der Waals surface area contributed by atoms with Gasteiger partial charge in [-0.1, -0.05) is 23.7 Å². The number of aliphatic hydroxyl groups excluding tert-OH is 1. The lowest BCUT2D eigenvalue weighted by Crippen LogP contribution is -2.20. The van der Waals surface area contributed by atoms with Crippen LogP contribution in [0.5, 0.6) is 0 Å². The second kappa shape index (κ2) is 6.51. The number of benzene rings is 1. The molecule has 0 aromatic heterocycles. The Morgan fingerprint density at radius 1 is 1.44 bits per heavy atom. The Labute approximate surface area is 100.0 Å². The minimum absolute atomic E-state index is 0.00549. The molecule has 0 saturated carbocycles. The van der Waals surface area contributed by atoms with E-state index in [-0.39, 0.29) is 18.7 Å². The fourth-order valence-corrected chi connectivity index (χ4v) is 1.59. The van der Waals surface area contributed by atoms with Crippen LogP contribution in [0.2, 0.25) is 5.02 Å². The minimum atomic E-state index is -0.326. The van der Waals surface area contributed by atoms with Crippen molar-refractivity contribution in [3.8, 4) is 0 Å². The SMILES string of the molecule is CC(=O)OC(CCO)Cc1ccc(Cl)cc1. The number of halogens is 1. The number of carbonyl (C=O) groups excluding carboxylic acids is 1. The molecule has 0 fully saturated rings. The van der Waals surface area contributed by atoms with Crippen molar-refractivity contribution in [2.75, 3.05) is 6.61 Å². The first-order valence-electron chi connectivity index (χ1n) is 5.14. The summed E-state index contributed by atoms with van der Waals surface area (Å²) in [7, 11) is 0. The van der Waals surface area contributed by atoms with E-state index in [1.807, 2.05) is 12.1 Å². The highest BCUT2D eigenvalue weighted by Gasteiger charge is 2.12. The van der Waals surface area contributed by atoms with Crippen LogP contribution in [0.1, 0.15) is 18.9 Å². The van der Waals surface area contributed by atoms with Gasteiger partial charge in [0.15, 0.2) is 0 Å². The van der Waals surface area contributed by atoms with Crippen molar-refractivity contribution < 1.29 is 14.6 Å². The predicted octanol–water partition coefficient (Wildman–Crippen LogP) is 2.20. The summed E-state index contributed by atoms with van der Waals surface area (Å²) in [5, 5.41) is 9.54. The van der Waals surface area contributed by atoms with Crippen molar-refractivity contribution in [2.24, 2.45) is 0 Å². The molecule has 1 aromatic rings. The quantitative estimate of drug-likeness (QED) is 0.806. The molecule has 0 spiro atoms. The van der Waals surface area contributed by atoms with Crippen LogP contribution in [0, 0.1) is 0 Å². The maximum Gasteiger partial charge on any atom is 0.302 e. The molecule has 1 N–H and O–H groups in total. The van der Waals surface area contributed by atoms with Crippen LogP contribution >= 0.6 is 11.6 Å². The molecule has 0 aliphatic heterocycles. The van der Waals surface area contributed by atoms with Crippen LogP contribution in [-0.4, -0.2) is 23.8 Å². The molecule has 1 rings (SSSR count). The average molecular weight is 243 g/mol. The Hall–Kier alpha value is -1.06. The smallest absolute Gasteiger partial charge is 0.302 e. The largest absolute Gasteiger partial charge is 0.462 e. The second-order valence-electron chi connectivity index (χ2n) is 3.57. The first-order valence-corrected chi connectivity index (χ1v) is 5.52. The van der Waals surface area contributed by atoms with Crippen LogP contribution in [0.4, 0.5) is 0 Å². The molecule has 88 valence electrons. The van der Waals surface area contributed by atoms with Gasteiger partial charge in [-0.15, -0.1) is 0 Å². The number of hydrogen-bond donors (Lipinski definition) is 1. The maximum absolute atomic E-state index is 10.8. The molecule has 3 nitrogen and oxygen atoms in total. The van der Waals surface area contributed by atoms with Crippen molar-refractivity contribution >= 4 is 17.6 Å². The molecule has 0 heterocycles. The molecule has 0 bridgehead atoms. The van der Waals surface area contributed by atoms with Crippen LogP contribution in [0.3, 0.4) is 0 Å². The summed E-state index contributed by atoms with van der Waals surface area (Å²) in [6.45, 7) is 1.37. The standard InChI is InChI=1S/C12H15ClO3/c1-9(15)16-12(6-7-14)8-10-2-4-11(13)5-3-10/h2-5,12,14H,6-8H2,1H3. The monoisotopic (exact) mass is 242 g/mol. The first-order chi connectivity index (χ1) is 7.61. The average Bonchev–Trinajstić information content (AvgIpc) is 2.21. The highest BCUT2D eigenvalue weighted by Crippen LogP contribution is 2.13. The fraction of sp³-hybridized carbons (Fsp3) is 0.417. The van der Waals surface area contributed by atoms with Gasteiger partial charge in [0.25, 0.3) is 0 Å². The molecule has 0 amide bonds. The summed E-state index contributed by atoms with van der Waals surface area (Å²) in [6, 6.07) is 7.35. The zero-order chi connectivity index (χ0) is 12.0. The number of aliphatic hydroxyl groups is 1. The van der Waals surface area contributed by atoms with E-state index in [1.165, 1.54) is 6.92 Å². The lowest BCUT2D eigenvalue weighted by molar-refractivity contribution is -0.146. The molecule has 1 unspecified atom stereocenters.